The molecular weight excluding hydrogens is 625 g/mol. The SMILES string of the molecule is C[C@H](CO)N1C[C@H](C)[C@H](CN(C)S(=O)(=O)c2ccc(Cl)cc2)Oc2ccc(NS(=O)(=O)c3ccc(Cl)cc3)cc2C1=O. The first-order valence-corrected chi connectivity index (χ1v) is 16.6. The summed E-state index contributed by atoms with van der Waals surface area (Å²) in [6.45, 7) is 3.31. The molecule has 1 heterocycles. The molecule has 42 heavy (non-hydrogen) atoms. The molecule has 4 rings (SSSR count). The molecule has 1 amide bonds. The van der Waals surface area contributed by atoms with Gasteiger partial charge in [-0.1, -0.05) is 30.1 Å². The number of aliphatic hydroxyl groups is 1. The number of halogens is 2. The molecule has 3 aromatic carbocycles. The van der Waals surface area contributed by atoms with E-state index in [0.29, 0.717) is 10.0 Å². The summed E-state index contributed by atoms with van der Waals surface area (Å²) in [5.74, 6) is -0.660. The number of amides is 1. The number of ether oxygens (including phenoxy) is 1. The summed E-state index contributed by atoms with van der Waals surface area (Å²) < 4.78 is 62.4. The minimum absolute atomic E-state index is 0.0180. The number of nitrogens with zero attached hydrogens (tertiary/aromatic N) is 2. The number of aliphatic hydroxyl groups excluding tert-OH is 1. The molecule has 0 aliphatic carbocycles. The lowest BCUT2D eigenvalue weighted by Crippen LogP contribution is -2.50. The van der Waals surface area contributed by atoms with Gasteiger partial charge in [-0.05, 0) is 73.7 Å². The Morgan fingerprint density at radius 1 is 1.00 bits per heavy atom. The van der Waals surface area contributed by atoms with Gasteiger partial charge >= 0.3 is 0 Å². The summed E-state index contributed by atoms with van der Waals surface area (Å²) in [5.41, 5.74) is 0.177. The second-order valence-electron chi connectivity index (χ2n) is 10.1. The van der Waals surface area contributed by atoms with Crippen molar-refractivity contribution in [3.05, 3.63) is 82.3 Å². The normalized spacial score (nSPS) is 18.5. The highest BCUT2D eigenvalue weighted by molar-refractivity contribution is 7.92. The van der Waals surface area contributed by atoms with Gasteiger partial charge in [0.2, 0.25) is 10.0 Å². The van der Waals surface area contributed by atoms with E-state index < -0.39 is 38.1 Å². The summed E-state index contributed by atoms with van der Waals surface area (Å²) in [5, 5.41) is 10.7. The van der Waals surface area contributed by atoms with E-state index in [-0.39, 0.29) is 52.4 Å². The number of rotatable bonds is 9. The molecule has 14 heteroatoms. The van der Waals surface area contributed by atoms with Crippen LogP contribution in [-0.2, 0) is 20.0 Å². The summed E-state index contributed by atoms with van der Waals surface area (Å²) in [4.78, 5) is 15.2. The first-order chi connectivity index (χ1) is 19.7. The predicted octanol–water partition coefficient (Wildman–Crippen LogP) is 4.34. The average molecular weight is 657 g/mol. The van der Waals surface area contributed by atoms with E-state index in [1.54, 1.807) is 6.92 Å². The maximum atomic E-state index is 13.7. The molecule has 1 aliphatic heterocycles. The summed E-state index contributed by atoms with van der Waals surface area (Å²) >= 11 is 11.8. The molecule has 0 saturated carbocycles. The second kappa shape index (κ2) is 12.8. The molecule has 226 valence electrons. The number of likely N-dealkylation sites (N-methyl/N-ethyl adjacent to an activating group) is 1. The zero-order valence-electron chi connectivity index (χ0n) is 23.1. The van der Waals surface area contributed by atoms with Crippen molar-refractivity contribution in [1.82, 2.24) is 9.21 Å². The highest BCUT2D eigenvalue weighted by atomic mass is 35.5. The Kier molecular flexibility index (Phi) is 9.75. The second-order valence-corrected chi connectivity index (χ2v) is 14.7. The molecular formula is C28H31Cl2N3O7S2. The van der Waals surface area contributed by atoms with Gasteiger partial charge in [0.1, 0.15) is 11.9 Å². The van der Waals surface area contributed by atoms with Crippen LogP contribution >= 0.6 is 23.2 Å². The first-order valence-electron chi connectivity index (χ1n) is 13.0. The Hall–Kier alpha value is -2.87. The fourth-order valence-electron chi connectivity index (χ4n) is 4.47. The lowest BCUT2D eigenvalue weighted by atomic mass is 9.99. The molecule has 0 bridgehead atoms. The van der Waals surface area contributed by atoms with Gasteiger partial charge in [0.25, 0.3) is 15.9 Å². The molecule has 0 unspecified atom stereocenters. The molecule has 1 aliphatic rings. The van der Waals surface area contributed by atoms with Crippen LogP contribution < -0.4 is 9.46 Å². The molecule has 0 radical (unpaired) electrons. The molecule has 2 N–H and O–H groups in total. The summed E-state index contributed by atoms with van der Waals surface area (Å²) in [7, 11) is -6.45. The Bertz CT molecular complexity index is 1650. The van der Waals surface area contributed by atoms with Gasteiger partial charge < -0.3 is 14.7 Å². The fraction of sp³-hybridized carbons (Fsp3) is 0.321. The number of nitrogens with one attached hydrogen (secondary N) is 1. The largest absolute Gasteiger partial charge is 0.488 e. The van der Waals surface area contributed by atoms with Crippen molar-refractivity contribution in [2.75, 3.05) is 31.5 Å². The van der Waals surface area contributed by atoms with Crippen LogP contribution in [0.15, 0.2) is 76.5 Å². The monoisotopic (exact) mass is 655 g/mol. The van der Waals surface area contributed by atoms with Crippen molar-refractivity contribution in [2.24, 2.45) is 5.92 Å². The highest BCUT2D eigenvalue weighted by Gasteiger charge is 2.35. The quantitative estimate of drug-likeness (QED) is 0.350. The van der Waals surface area contributed by atoms with Crippen molar-refractivity contribution in [2.45, 2.75) is 35.8 Å². The highest BCUT2D eigenvalue weighted by Crippen LogP contribution is 2.32. The standard InChI is InChI=1S/C28H31Cl2N3O7S2/c1-18-15-33(19(2)17-34)28(35)25-14-22(31-41(36,37)23-9-4-20(29)5-10-23)8-13-26(25)40-27(18)16-32(3)42(38,39)24-11-6-21(30)7-12-24/h4-14,18-19,27,31,34H,15-17H2,1-3H3/t18-,19+,27-/m0/s1. The van der Waals surface area contributed by atoms with Crippen molar-refractivity contribution in [3.63, 3.8) is 0 Å². The van der Waals surface area contributed by atoms with Crippen molar-refractivity contribution < 1.29 is 31.5 Å². The van der Waals surface area contributed by atoms with Crippen LogP contribution in [0.5, 0.6) is 5.75 Å². The van der Waals surface area contributed by atoms with Crippen molar-refractivity contribution in [3.8, 4) is 5.75 Å². The van der Waals surface area contributed by atoms with E-state index >= 15 is 0 Å². The summed E-state index contributed by atoms with van der Waals surface area (Å²) in [6.07, 6.45) is -0.700. The maximum absolute atomic E-state index is 13.7. The molecule has 3 aromatic rings. The van der Waals surface area contributed by atoms with Crippen LogP contribution in [-0.4, -0.2) is 75.9 Å². The Balaban J connectivity index is 1.68. The predicted molar refractivity (Wildman–Crippen MR) is 161 cm³/mol. The number of sulfonamides is 2. The molecule has 10 nitrogen and oxygen atoms in total. The van der Waals surface area contributed by atoms with Crippen LogP contribution in [0.25, 0.3) is 0 Å². The molecule has 3 atom stereocenters. The lowest BCUT2D eigenvalue weighted by Gasteiger charge is -2.38. The number of anilines is 1. The van der Waals surface area contributed by atoms with Crippen LogP contribution in [0.1, 0.15) is 24.2 Å². The summed E-state index contributed by atoms with van der Waals surface area (Å²) in [6, 6.07) is 15.2. The van der Waals surface area contributed by atoms with Gasteiger partial charge in [-0.15, -0.1) is 0 Å². The fourth-order valence-corrected chi connectivity index (χ4v) is 6.95. The third-order valence-electron chi connectivity index (χ3n) is 7.00. The van der Waals surface area contributed by atoms with Gasteiger partial charge in [-0.3, -0.25) is 9.52 Å². The first kappa shape index (κ1) is 32.1. The lowest BCUT2D eigenvalue weighted by molar-refractivity contribution is 0.0387. The van der Waals surface area contributed by atoms with Gasteiger partial charge in [0, 0.05) is 35.2 Å². The van der Waals surface area contributed by atoms with E-state index in [4.69, 9.17) is 27.9 Å². The zero-order chi connectivity index (χ0) is 30.8. The van der Waals surface area contributed by atoms with E-state index in [9.17, 15) is 26.7 Å². The number of carbonyl (C=O) groups is 1. The van der Waals surface area contributed by atoms with Crippen LogP contribution in [0.2, 0.25) is 10.0 Å². The van der Waals surface area contributed by atoms with Gasteiger partial charge in [0.15, 0.2) is 0 Å². The van der Waals surface area contributed by atoms with E-state index in [1.807, 2.05) is 6.92 Å². The molecule has 0 aromatic heterocycles. The van der Waals surface area contributed by atoms with Gasteiger partial charge in [-0.25, -0.2) is 16.8 Å². The third-order valence-corrected chi connectivity index (χ3v) is 10.7. The number of benzene rings is 3. The minimum atomic E-state index is -4.00. The maximum Gasteiger partial charge on any atom is 0.261 e. The van der Waals surface area contributed by atoms with Gasteiger partial charge in [-0.2, -0.15) is 4.31 Å². The van der Waals surface area contributed by atoms with Crippen molar-refractivity contribution >= 4 is 54.8 Å². The topological polar surface area (TPSA) is 133 Å². The third kappa shape index (κ3) is 7.01. The Morgan fingerprint density at radius 3 is 2.14 bits per heavy atom. The average Bonchev–Trinajstić information content (AvgIpc) is 2.95. The Morgan fingerprint density at radius 2 is 1.57 bits per heavy atom. The zero-order valence-corrected chi connectivity index (χ0v) is 26.2. The number of carbonyl (C=O) groups excluding carboxylic acids is 1. The van der Waals surface area contributed by atoms with Crippen LogP contribution in [0.4, 0.5) is 5.69 Å². The van der Waals surface area contributed by atoms with E-state index in [2.05, 4.69) is 4.72 Å². The van der Waals surface area contributed by atoms with Crippen LogP contribution in [0.3, 0.4) is 0 Å². The number of hydrogen-bond acceptors (Lipinski definition) is 7. The van der Waals surface area contributed by atoms with Crippen molar-refractivity contribution in [1.29, 1.82) is 0 Å². The van der Waals surface area contributed by atoms with E-state index in [1.165, 1.54) is 83.0 Å². The Labute approximate surface area is 255 Å². The molecule has 0 fully saturated rings. The molecule has 0 spiro atoms. The number of fused-ring (bicyclic) bond motifs is 1. The molecule has 0 saturated heterocycles. The van der Waals surface area contributed by atoms with Gasteiger partial charge in [0.05, 0.1) is 34.5 Å². The van der Waals surface area contributed by atoms with E-state index in [0.717, 1.165) is 0 Å². The smallest absolute Gasteiger partial charge is 0.261 e. The van der Waals surface area contributed by atoms with Crippen LogP contribution in [0, 0.1) is 5.92 Å². The minimum Gasteiger partial charge on any atom is -0.488 e. The number of hydrogen-bond donors (Lipinski definition) is 2.